The van der Waals surface area contributed by atoms with Gasteiger partial charge >= 0.3 is 0 Å². The third-order valence-electron chi connectivity index (χ3n) is 3.26. The monoisotopic (exact) mass is 220 g/mol. The molecule has 0 N–H and O–H groups in total. The summed E-state index contributed by atoms with van der Waals surface area (Å²) in [5.41, 5.74) is 0.685. The van der Waals surface area contributed by atoms with Crippen molar-refractivity contribution in [1.29, 1.82) is 0 Å². The number of carbonyl (C=O) groups is 1. The molecule has 1 aromatic rings. The number of hydrogen-bond donors (Lipinski definition) is 0. The van der Waals surface area contributed by atoms with Gasteiger partial charge in [-0.25, -0.2) is 4.98 Å². The average molecular weight is 220 g/mol. The zero-order chi connectivity index (χ0) is 12.3. The van der Waals surface area contributed by atoms with Gasteiger partial charge in [0.15, 0.2) is 5.78 Å². The molecule has 0 saturated carbocycles. The molecule has 1 rings (SSSR count). The van der Waals surface area contributed by atoms with Crippen molar-refractivity contribution in [3.8, 4) is 0 Å². The lowest BCUT2D eigenvalue weighted by Crippen LogP contribution is -2.41. The van der Waals surface area contributed by atoms with E-state index in [4.69, 9.17) is 0 Å². The summed E-state index contributed by atoms with van der Waals surface area (Å²) in [5, 5.41) is 0. The number of aromatic nitrogens is 1. The molecule has 0 aliphatic rings. The van der Waals surface area contributed by atoms with Gasteiger partial charge in [0.25, 0.3) is 0 Å². The topological polar surface area (TPSA) is 33.2 Å². The molecule has 1 heterocycles. The molecule has 0 aliphatic carbocycles. The van der Waals surface area contributed by atoms with Crippen molar-refractivity contribution in [3.63, 3.8) is 0 Å². The van der Waals surface area contributed by atoms with Crippen LogP contribution in [0.2, 0.25) is 0 Å². The van der Waals surface area contributed by atoms with Gasteiger partial charge < -0.3 is 4.90 Å². The standard InChI is InChI=1S/C13H20N2O/c1-6-13(3,4)15(5)12-11(10(2)16)8-7-9-14-12/h7-9H,6H2,1-5H3. The highest BCUT2D eigenvalue weighted by Crippen LogP contribution is 2.25. The van der Waals surface area contributed by atoms with Gasteiger partial charge in [-0.3, -0.25) is 4.79 Å². The van der Waals surface area contributed by atoms with E-state index in [1.807, 2.05) is 13.1 Å². The lowest BCUT2D eigenvalue weighted by Gasteiger charge is -2.36. The third kappa shape index (κ3) is 2.40. The average Bonchev–Trinajstić information content (AvgIpc) is 2.28. The van der Waals surface area contributed by atoms with Crippen molar-refractivity contribution in [3.05, 3.63) is 23.9 Å². The first-order valence-electron chi connectivity index (χ1n) is 5.60. The Morgan fingerprint density at radius 1 is 1.50 bits per heavy atom. The lowest BCUT2D eigenvalue weighted by molar-refractivity contribution is 0.101. The van der Waals surface area contributed by atoms with E-state index in [-0.39, 0.29) is 11.3 Å². The van der Waals surface area contributed by atoms with Crippen molar-refractivity contribution in [2.45, 2.75) is 39.7 Å². The first-order chi connectivity index (χ1) is 7.40. The normalized spacial score (nSPS) is 11.3. The minimum atomic E-state index is -0.00144. The van der Waals surface area contributed by atoms with Gasteiger partial charge in [-0.2, -0.15) is 0 Å². The Labute approximate surface area is 97.5 Å². The summed E-state index contributed by atoms with van der Waals surface area (Å²) in [6.45, 7) is 8.00. The number of carbonyl (C=O) groups excluding carboxylic acids is 1. The van der Waals surface area contributed by atoms with Crippen LogP contribution in [0.25, 0.3) is 0 Å². The highest BCUT2D eigenvalue weighted by Gasteiger charge is 2.25. The Morgan fingerprint density at radius 3 is 2.62 bits per heavy atom. The molecule has 0 radical (unpaired) electrons. The molecular formula is C13H20N2O. The van der Waals surface area contributed by atoms with Crippen LogP contribution in [-0.2, 0) is 0 Å². The molecule has 88 valence electrons. The van der Waals surface area contributed by atoms with E-state index in [0.29, 0.717) is 5.56 Å². The summed E-state index contributed by atoms with van der Waals surface area (Å²) < 4.78 is 0. The molecule has 0 amide bonds. The SMILES string of the molecule is CCC(C)(C)N(C)c1ncccc1C(C)=O. The van der Waals surface area contributed by atoms with E-state index in [0.717, 1.165) is 12.2 Å². The summed E-state index contributed by atoms with van der Waals surface area (Å²) in [7, 11) is 1.98. The van der Waals surface area contributed by atoms with E-state index in [1.54, 1.807) is 19.2 Å². The number of pyridine rings is 1. The Kier molecular flexibility index (Phi) is 3.68. The molecule has 0 atom stereocenters. The molecule has 16 heavy (non-hydrogen) atoms. The molecule has 0 saturated heterocycles. The smallest absolute Gasteiger partial charge is 0.163 e. The highest BCUT2D eigenvalue weighted by atomic mass is 16.1. The number of Topliss-reactive ketones (excluding diaryl/α,β-unsaturated/α-hetero) is 1. The summed E-state index contributed by atoms with van der Waals surface area (Å²) in [6, 6.07) is 3.62. The lowest BCUT2D eigenvalue weighted by atomic mass is 9.99. The summed E-state index contributed by atoms with van der Waals surface area (Å²) in [5.74, 6) is 0.823. The molecule has 0 fully saturated rings. The maximum Gasteiger partial charge on any atom is 0.163 e. The van der Waals surface area contributed by atoms with E-state index in [2.05, 4.69) is 30.7 Å². The Balaban J connectivity index is 3.18. The van der Waals surface area contributed by atoms with Crippen molar-refractivity contribution in [2.75, 3.05) is 11.9 Å². The Morgan fingerprint density at radius 2 is 2.12 bits per heavy atom. The fourth-order valence-corrected chi connectivity index (χ4v) is 1.46. The Hall–Kier alpha value is -1.38. The van der Waals surface area contributed by atoms with Crippen LogP contribution < -0.4 is 4.90 Å². The first kappa shape index (κ1) is 12.7. The maximum atomic E-state index is 11.5. The fourth-order valence-electron chi connectivity index (χ4n) is 1.46. The number of nitrogens with zero attached hydrogens (tertiary/aromatic N) is 2. The van der Waals surface area contributed by atoms with Crippen molar-refractivity contribution >= 4 is 11.6 Å². The molecule has 3 heteroatoms. The second kappa shape index (κ2) is 4.64. The molecule has 0 bridgehead atoms. The van der Waals surface area contributed by atoms with Gasteiger partial charge in [-0.05, 0) is 39.3 Å². The second-order valence-corrected chi connectivity index (χ2v) is 4.66. The zero-order valence-corrected chi connectivity index (χ0v) is 10.7. The molecule has 0 aromatic carbocycles. The van der Waals surface area contributed by atoms with Crippen LogP contribution in [0, 0.1) is 0 Å². The van der Waals surface area contributed by atoms with Crippen LogP contribution >= 0.6 is 0 Å². The predicted octanol–water partition coefficient (Wildman–Crippen LogP) is 2.91. The van der Waals surface area contributed by atoms with E-state index >= 15 is 0 Å². The van der Waals surface area contributed by atoms with Crippen molar-refractivity contribution in [1.82, 2.24) is 4.98 Å². The van der Waals surface area contributed by atoms with Gasteiger partial charge in [-0.1, -0.05) is 6.92 Å². The number of ketones is 1. The van der Waals surface area contributed by atoms with E-state index < -0.39 is 0 Å². The van der Waals surface area contributed by atoms with Crippen molar-refractivity contribution < 1.29 is 4.79 Å². The number of anilines is 1. The summed E-state index contributed by atoms with van der Waals surface area (Å²) >= 11 is 0. The second-order valence-electron chi connectivity index (χ2n) is 4.66. The molecule has 1 aromatic heterocycles. The minimum absolute atomic E-state index is 0.00144. The van der Waals surface area contributed by atoms with Crippen LogP contribution in [0.15, 0.2) is 18.3 Å². The van der Waals surface area contributed by atoms with Gasteiger partial charge in [-0.15, -0.1) is 0 Å². The predicted molar refractivity (Wildman–Crippen MR) is 67.0 cm³/mol. The molecule has 3 nitrogen and oxygen atoms in total. The molecule has 0 spiro atoms. The number of hydrogen-bond acceptors (Lipinski definition) is 3. The van der Waals surface area contributed by atoms with Crippen LogP contribution in [0.3, 0.4) is 0 Å². The quantitative estimate of drug-likeness (QED) is 0.731. The van der Waals surface area contributed by atoms with Gasteiger partial charge in [0.1, 0.15) is 5.82 Å². The minimum Gasteiger partial charge on any atom is -0.354 e. The van der Waals surface area contributed by atoms with Gasteiger partial charge in [0, 0.05) is 18.8 Å². The molecule has 0 aliphatic heterocycles. The van der Waals surface area contributed by atoms with E-state index in [9.17, 15) is 4.79 Å². The largest absolute Gasteiger partial charge is 0.354 e. The fraction of sp³-hybridized carbons (Fsp3) is 0.538. The zero-order valence-electron chi connectivity index (χ0n) is 10.7. The third-order valence-corrected chi connectivity index (χ3v) is 3.26. The van der Waals surface area contributed by atoms with Crippen molar-refractivity contribution in [2.24, 2.45) is 0 Å². The van der Waals surface area contributed by atoms with E-state index in [1.165, 1.54) is 0 Å². The molecular weight excluding hydrogens is 200 g/mol. The van der Waals surface area contributed by atoms with Crippen LogP contribution in [0.4, 0.5) is 5.82 Å². The first-order valence-corrected chi connectivity index (χ1v) is 5.60. The van der Waals surface area contributed by atoms with Gasteiger partial charge in [0.2, 0.25) is 0 Å². The van der Waals surface area contributed by atoms with Crippen LogP contribution in [0.5, 0.6) is 0 Å². The Bertz CT molecular complexity index is 385. The maximum absolute atomic E-state index is 11.5. The van der Waals surface area contributed by atoms with Crippen LogP contribution in [-0.4, -0.2) is 23.4 Å². The van der Waals surface area contributed by atoms with Gasteiger partial charge in [0.05, 0.1) is 5.56 Å². The summed E-state index contributed by atoms with van der Waals surface area (Å²) in [6.07, 6.45) is 2.72. The molecule has 0 unspecified atom stereocenters. The van der Waals surface area contributed by atoms with Crippen LogP contribution in [0.1, 0.15) is 44.5 Å². The number of rotatable bonds is 4. The summed E-state index contributed by atoms with van der Waals surface area (Å²) in [4.78, 5) is 17.9. The highest BCUT2D eigenvalue weighted by molar-refractivity contribution is 5.98.